The Morgan fingerprint density at radius 2 is 2.09 bits per heavy atom. The highest BCUT2D eigenvalue weighted by atomic mass is 16.2. The lowest BCUT2D eigenvalue weighted by molar-refractivity contribution is -0.139. The number of likely N-dealkylation sites (tertiary alicyclic amines) is 1. The summed E-state index contributed by atoms with van der Waals surface area (Å²) in [5.41, 5.74) is 6.56. The third kappa shape index (κ3) is 4.39. The van der Waals surface area contributed by atoms with Gasteiger partial charge in [0.15, 0.2) is 0 Å². The van der Waals surface area contributed by atoms with E-state index in [0.29, 0.717) is 19.4 Å². The molecule has 1 radical (unpaired) electrons. The van der Waals surface area contributed by atoms with Crippen molar-refractivity contribution >= 4 is 18.1 Å². The first kappa shape index (κ1) is 17.1. The first-order valence-electron chi connectivity index (χ1n) is 7.81. The van der Waals surface area contributed by atoms with Crippen LogP contribution in [0.1, 0.15) is 25.3 Å². The predicted molar refractivity (Wildman–Crippen MR) is 86.2 cm³/mol. The zero-order valence-electron chi connectivity index (χ0n) is 13.2. The fourth-order valence-electron chi connectivity index (χ4n) is 2.80. The standard InChI is InChI=1S/C17H22N3O3/c1-12(18)17(23)20-9-5-8-15(20)16(22)19-14(11-21)10-13-6-3-2-4-7-13/h2-4,6-7,12,14-15H,5,8-10,18H2,1H3,(H,19,22)/t12-,14-,15-/m0/s1. The molecule has 6 nitrogen and oxygen atoms in total. The number of hydrogen-bond acceptors (Lipinski definition) is 4. The molecule has 6 heteroatoms. The topological polar surface area (TPSA) is 92.5 Å². The van der Waals surface area contributed by atoms with Gasteiger partial charge in [-0.3, -0.25) is 14.4 Å². The molecule has 1 aliphatic heterocycles. The van der Waals surface area contributed by atoms with Crippen LogP contribution in [-0.2, 0) is 20.8 Å². The normalized spacial score (nSPS) is 19.9. The minimum absolute atomic E-state index is 0.239. The van der Waals surface area contributed by atoms with Crippen LogP contribution in [0.5, 0.6) is 0 Å². The third-order valence-electron chi connectivity index (χ3n) is 3.97. The van der Waals surface area contributed by atoms with Gasteiger partial charge in [0.05, 0.1) is 12.1 Å². The molecule has 1 aliphatic rings. The molecular formula is C17H22N3O3. The second-order valence-electron chi connectivity index (χ2n) is 5.85. The highest BCUT2D eigenvalue weighted by Gasteiger charge is 2.35. The Hall–Kier alpha value is -2.21. The van der Waals surface area contributed by atoms with Crippen LogP contribution in [0.25, 0.3) is 0 Å². The van der Waals surface area contributed by atoms with Crippen molar-refractivity contribution in [2.24, 2.45) is 5.73 Å². The summed E-state index contributed by atoms with van der Waals surface area (Å²) in [5, 5.41) is 2.68. The van der Waals surface area contributed by atoms with Gasteiger partial charge in [0.1, 0.15) is 6.04 Å². The molecule has 3 atom stereocenters. The lowest BCUT2D eigenvalue weighted by Crippen LogP contribution is -2.52. The summed E-state index contributed by atoms with van der Waals surface area (Å²) in [4.78, 5) is 37.1. The molecule has 0 spiro atoms. The molecule has 2 rings (SSSR count). The highest BCUT2D eigenvalue weighted by molar-refractivity contribution is 5.91. The predicted octanol–water partition coefficient (Wildman–Crippen LogP) is 0.162. The molecule has 3 N–H and O–H groups in total. The van der Waals surface area contributed by atoms with E-state index >= 15 is 0 Å². The molecule has 1 fully saturated rings. The maximum Gasteiger partial charge on any atom is 0.243 e. The Labute approximate surface area is 136 Å². The fourth-order valence-corrected chi connectivity index (χ4v) is 2.80. The van der Waals surface area contributed by atoms with E-state index in [1.807, 2.05) is 36.6 Å². The van der Waals surface area contributed by atoms with Gasteiger partial charge in [-0.2, -0.15) is 0 Å². The van der Waals surface area contributed by atoms with Crippen LogP contribution < -0.4 is 11.1 Å². The SMILES string of the molecule is C[C@H](N)C(=O)N1CCC[C@H]1C(=O)N[C@H]([C]=O)Cc1ccccc1. The molecule has 1 saturated heterocycles. The van der Waals surface area contributed by atoms with E-state index in [4.69, 9.17) is 5.73 Å². The Balaban J connectivity index is 1.98. The second-order valence-corrected chi connectivity index (χ2v) is 5.85. The van der Waals surface area contributed by atoms with Crippen LogP contribution in [-0.4, -0.2) is 47.7 Å². The summed E-state index contributed by atoms with van der Waals surface area (Å²) in [6.07, 6.45) is 3.58. The Morgan fingerprint density at radius 3 is 2.70 bits per heavy atom. The van der Waals surface area contributed by atoms with Crippen molar-refractivity contribution in [3.63, 3.8) is 0 Å². The van der Waals surface area contributed by atoms with Crippen LogP contribution >= 0.6 is 0 Å². The second kappa shape index (κ2) is 7.87. The molecule has 23 heavy (non-hydrogen) atoms. The molecule has 0 aromatic heterocycles. The largest absolute Gasteiger partial charge is 0.344 e. The Morgan fingerprint density at radius 1 is 1.39 bits per heavy atom. The lowest BCUT2D eigenvalue weighted by atomic mass is 10.1. The minimum atomic E-state index is -0.724. The molecule has 123 valence electrons. The van der Waals surface area contributed by atoms with Gasteiger partial charge in [0.2, 0.25) is 18.1 Å². The average molecular weight is 316 g/mol. The number of hydrogen-bond donors (Lipinski definition) is 2. The van der Waals surface area contributed by atoms with E-state index in [0.717, 1.165) is 12.0 Å². The van der Waals surface area contributed by atoms with Crippen LogP contribution in [0.2, 0.25) is 0 Å². The molecule has 2 amide bonds. The summed E-state index contributed by atoms with van der Waals surface area (Å²) in [6.45, 7) is 2.12. The van der Waals surface area contributed by atoms with Gasteiger partial charge in [-0.25, -0.2) is 0 Å². The molecule has 0 saturated carbocycles. The van der Waals surface area contributed by atoms with Crippen molar-refractivity contribution in [3.8, 4) is 0 Å². The van der Waals surface area contributed by atoms with Gasteiger partial charge in [0, 0.05) is 13.0 Å². The van der Waals surface area contributed by atoms with E-state index < -0.39 is 18.1 Å². The van der Waals surface area contributed by atoms with Crippen molar-refractivity contribution in [3.05, 3.63) is 35.9 Å². The summed E-state index contributed by atoms with van der Waals surface area (Å²) in [7, 11) is 0. The summed E-state index contributed by atoms with van der Waals surface area (Å²) in [5.74, 6) is -0.557. The molecule has 0 bridgehead atoms. The Bertz CT molecular complexity index is 559. The van der Waals surface area contributed by atoms with E-state index in [1.54, 1.807) is 6.92 Å². The monoisotopic (exact) mass is 316 g/mol. The smallest absolute Gasteiger partial charge is 0.243 e. The Kier molecular flexibility index (Phi) is 5.87. The number of rotatable bonds is 6. The first-order valence-corrected chi connectivity index (χ1v) is 7.81. The maximum atomic E-state index is 12.4. The minimum Gasteiger partial charge on any atom is -0.344 e. The van der Waals surface area contributed by atoms with Gasteiger partial charge in [-0.1, -0.05) is 30.3 Å². The maximum absolute atomic E-state index is 12.4. The molecule has 1 aromatic carbocycles. The zero-order valence-corrected chi connectivity index (χ0v) is 13.2. The van der Waals surface area contributed by atoms with Crippen molar-refractivity contribution in [1.29, 1.82) is 0 Å². The van der Waals surface area contributed by atoms with E-state index in [1.165, 1.54) is 4.90 Å². The fraction of sp³-hybridized carbons (Fsp3) is 0.471. The van der Waals surface area contributed by atoms with Crippen LogP contribution in [0.3, 0.4) is 0 Å². The highest BCUT2D eigenvalue weighted by Crippen LogP contribution is 2.18. The molecule has 0 aliphatic carbocycles. The average Bonchev–Trinajstić information content (AvgIpc) is 3.03. The zero-order chi connectivity index (χ0) is 16.8. The molecule has 1 aromatic rings. The number of nitrogens with two attached hydrogens (primary N) is 1. The third-order valence-corrected chi connectivity index (χ3v) is 3.97. The molecule has 1 heterocycles. The number of nitrogens with zero attached hydrogens (tertiary/aromatic N) is 1. The van der Waals surface area contributed by atoms with Crippen LogP contribution in [0, 0.1) is 0 Å². The lowest BCUT2D eigenvalue weighted by Gasteiger charge is -2.26. The summed E-state index contributed by atoms with van der Waals surface area (Å²) < 4.78 is 0. The number of carbonyl (C=O) groups excluding carboxylic acids is 3. The number of carbonyl (C=O) groups is 2. The number of amides is 2. The van der Waals surface area contributed by atoms with Crippen LogP contribution in [0.4, 0.5) is 0 Å². The first-order chi connectivity index (χ1) is 11.0. The number of nitrogens with one attached hydrogen (secondary N) is 1. The van der Waals surface area contributed by atoms with Gasteiger partial charge < -0.3 is 16.0 Å². The van der Waals surface area contributed by atoms with Gasteiger partial charge >= 0.3 is 0 Å². The van der Waals surface area contributed by atoms with Crippen molar-refractivity contribution < 1.29 is 14.4 Å². The quantitative estimate of drug-likeness (QED) is 0.782. The van der Waals surface area contributed by atoms with E-state index in [-0.39, 0.29) is 11.8 Å². The molecular weight excluding hydrogens is 294 g/mol. The van der Waals surface area contributed by atoms with Gasteiger partial charge in [-0.05, 0) is 25.3 Å². The van der Waals surface area contributed by atoms with E-state index in [9.17, 15) is 14.4 Å². The van der Waals surface area contributed by atoms with Gasteiger partial charge in [0.25, 0.3) is 0 Å². The van der Waals surface area contributed by atoms with Crippen molar-refractivity contribution in [2.75, 3.05) is 6.54 Å². The summed E-state index contributed by atoms with van der Waals surface area (Å²) in [6, 6.07) is 7.49. The van der Waals surface area contributed by atoms with E-state index in [2.05, 4.69) is 5.32 Å². The summed E-state index contributed by atoms with van der Waals surface area (Å²) >= 11 is 0. The number of benzene rings is 1. The molecule has 0 unspecified atom stereocenters. The van der Waals surface area contributed by atoms with Gasteiger partial charge in [-0.15, -0.1) is 0 Å². The van der Waals surface area contributed by atoms with Crippen LogP contribution in [0.15, 0.2) is 30.3 Å². The van der Waals surface area contributed by atoms with Crippen molar-refractivity contribution in [2.45, 2.75) is 44.3 Å². The van der Waals surface area contributed by atoms with Crippen molar-refractivity contribution in [1.82, 2.24) is 10.2 Å².